The van der Waals surface area contributed by atoms with Crippen molar-refractivity contribution in [3.8, 4) is 17.3 Å². The molecule has 7 nitrogen and oxygen atoms in total. The largest absolute Gasteiger partial charge is 0.493 e. The molecule has 0 saturated carbocycles. The first-order valence-electron chi connectivity index (χ1n) is 9.27. The molecule has 0 bridgehead atoms. The monoisotopic (exact) mass is 425 g/mol. The quantitative estimate of drug-likeness (QED) is 0.451. The molecule has 0 radical (unpaired) electrons. The highest BCUT2D eigenvalue weighted by Gasteiger charge is 2.20. The number of halogens is 1. The van der Waals surface area contributed by atoms with E-state index in [0.717, 1.165) is 23.0 Å². The Morgan fingerprint density at radius 1 is 1.17 bits per heavy atom. The van der Waals surface area contributed by atoms with E-state index < -0.39 is 5.97 Å². The van der Waals surface area contributed by atoms with Crippen LogP contribution in [0.1, 0.15) is 22.5 Å². The summed E-state index contributed by atoms with van der Waals surface area (Å²) in [5.74, 6) is 1.31. The molecule has 1 atom stereocenters. The van der Waals surface area contributed by atoms with Crippen molar-refractivity contribution in [3.05, 3.63) is 60.1 Å². The number of imidazole rings is 1. The lowest BCUT2D eigenvalue weighted by Crippen LogP contribution is -2.11. The minimum atomic E-state index is -0.461. The Balaban J connectivity index is 1.89. The number of ether oxygens (including phenoxy) is 3. The molecule has 154 valence electrons. The van der Waals surface area contributed by atoms with Crippen molar-refractivity contribution in [2.24, 2.45) is 0 Å². The first-order chi connectivity index (χ1) is 14.5. The van der Waals surface area contributed by atoms with Gasteiger partial charge in [-0.15, -0.1) is 11.6 Å². The molecule has 4 rings (SSSR count). The van der Waals surface area contributed by atoms with E-state index >= 15 is 0 Å². The molecule has 1 unspecified atom stereocenters. The Bertz CT molecular complexity index is 1180. The highest BCUT2D eigenvalue weighted by Crippen LogP contribution is 2.33. The molecule has 0 N–H and O–H groups in total. The zero-order valence-electron chi connectivity index (χ0n) is 16.8. The van der Waals surface area contributed by atoms with E-state index in [-0.39, 0.29) is 5.38 Å². The van der Waals surface area contributed by atoms with Crippen molar-refractivity contribution < 1.29 is 19.0 Å². The number of hydrogen-bond donors (Lipinski definition) is 0. The SMILES string of the molecule is COC(=O)c1ccc(-n2cnc3cc(OC)c(OC)cc32)nc1C1=CC(Cl)CC=C1. The van der Waals surface area contributed by atoms with Crippen LogP contribution in [0.5, 0.6) is 11.5 Å². The number of fused-ring (bicyclic) bond motifs is 1. The number of benzene rings is 1. The van der Waals surface area contributed by atoms with Gasteiger partial charge in [0.05, 0.1) is 49.0 Å². The van der Waals surface area contributed by atoms with Gasteiger partial charge in [-0.25, -0.2) is 14.8 Å². The number of nitrogens with zero attached hydrogens (tertiary/aromatic N) is 3. The number of hydrogen-bond acceptors (Lipinski definition) is 6. The summed E-state index contributed by atoms with van der Waals surface area (Å²) >= 11 is 6.29. The summed E-state index contributed by atoms with van der Waals surface area (Å²) < 4.78 is 17.5. The predicted octanol–water partition coefficient (Wildman–Crippen LogP) is 4.18. The second-order valence-corrected chi connectivity index (χ2v) is 7.20. The molecule has 1 aliphatic carbocycles. The fourth-order valence-corrected chi connectivity index (χ4v) is 3.64. The number of pyridine rings is 1. The lowest BCUT2D eigenvalue weighted by molar-refractivity contribution is 0.0600. The van der Waals surface area contributed by atoms with Crippen molar-refractivity contribution in [2.75, 3.05) is 21.3 Å². The molecule has 3 aromatic rings. The standard InChI is InChI=1S/C22H20ClN3O4/c1-28-18-10-16-17(11-19(18)29-2)26(12-24-16)20-8-7-15(22(27)30-3)21(25-20)13-5-4-6-14(23)9-13/h4-5,7-12,14H,6H2,1-3H3. The van der Waals surface area contributed by atoms with Crippen LogP contribution in [0.4, 0.5) is 0 Å². The zero-order chi connectivity index (χ0) is 21.3. The summed E-state index contributed by atoms with van der Waals surface area (Å²) in [5, 5.41) is -0.160. The normalized spacial score (nSPS) is 15.7. The Hall–Kier alpha value is -3.32. The smallest absolute Gasteiger partial charge is 0.340 e. The van der Waals surface area contributed by atoms with Gasteiger partial charge in [-0.2, -0.15) is 0 Å². The Labute approximate surface area is 178 Å². The molecule has 0 saturated heterocycles. The van der Waals surface area contributed by atoms with Crippen molar-refractivity contribution in [1.29, 1.82) is 0 Å². The van der Waals surface area contributed by atoms with Gasteiger partial charge in [0.2, 0.25) is 0 Å². The van der Waals surface area contributed by atoms with Crippen molar-refractivity contribution in [3.63, 3.8) is 0 Å². The van der Waals surface area contributed by atoms with Crippen LogP contribution in [-0.2, 0) is 4.74 Å². The number of carbonyl (C=O) groups excluding carboxylic acids is 1. The van der Waals surface area contributed by atoms with Crippen LogP contribution in [0, 0.1) is 0 Å². The molecule has 2 aromatic heterocycles. The minimum Gasteiger partial charge on any atom is -0.493 e. The maximum atomic E-state index is 12.3. The number of allylic oxidation sites excluding steroid dienone is 4. The van der Waals surface area contributed by atoms with E-state index in [4.69, 9.17) is 30.8 Å². The van der Waals surface area contributed by atoms with Gasteiger partial charge in [0.1, 0.15) is 12.1 Å². The van der Waals surface area contributed by atoms with E-state index in [9.17, 15) is 4.79 Å². The van der Waals surface area contributed by atoms with Crippen LogP contribution in [0.15, 0.2) is 48.8 Å². The summed E-state index contributed by atoms with van der Waals surface area (Å²) in [6.45, 7) is 0. The maximum absolute atomic E-state index is 12.3. The van der Waals surface area contributed by atoms with Gasteiger partial charge in [-0.1, -0.05) is 18.2 Å². The summed E-state index contributed by atoms with van der Waals surface area (Å²) in [5.41, 5.74) is 3.16. The molecule has 0 spiro atoms. The van der Waals surface area contributed by atoms with Crippen molar-refractivity contribution in [2.45, 2.75) is 11.8 Å². The van der Waals surface area contributed by atoms with Crippen LogP contribution >= 0.6 is 11.6 Å². The Kier molecular flexibility index (Phi) is 5.46. The van der Waals surface area contributed by atoms with Gasteiger partial charge >= 0.3 is 5.97 Å². The zero-order valence-corrected chi connectivity index (χ0v) is 17.5. The molecule has 8 heteroatoms. The number of esters is 1. The van der Waals surface area contributed by atoms with Crippen LogP contribution in [0.2, 0.25) is 0 Å². The van der Waals surface area contributed by atoms with Gasteiger partial charge in [0.25, 0.3) is 0 Å². The van der Waals surface area contributed by atoms with Crippen molar-refractivity contribution in [1.82, 2.24) is 14.5 Å². The highest BCUT2D eigenvalue weighted by atomic mass is 35.5. The summed E-state index contributed by atoms with van der Waals surface area (Å²) in [4.78, 5) is 21.5. The number of carbonyl (C=O) groups is 1. The molecule has 1 aliphatic rings. The molecule has 2 heterocycles. The number of aromatic nitrogens is 3. The molecule has 0 aliphatic heterocycles. The second kappa shape index (κ2) is 8.20. The third-order valence-electron chi connectivity index (χ3n) is 4.88. The summed E-state index contributed by atoms with van der Waals surface area (Å²) in [7, 11) is 4.50. The van der Waals surface area contributed by atoms with Crippen LogP contribution in [0.25, 0.3) is 22.4 Å². The fraction of sp³-hybridized carbons (Fsp3) is 0.227. The highest BCUT2D eigenvalue weighted by molar-refractivity contribution is 6.22. The van der Waals surface area contributed by atoms with Gasteiger partial charge in [0.15, 0.2) is 11.5 Å². The summed E-state index contributed by atoms with van der Waals surface area (Å²) in [6.07, 6.45) is 8.17. The molecular weight excluding hydrogens is 406 g/mol. The first-order valence-corrected chi connectivity index (χ1v) is 9.71. The average molecular weight is 426 g/mol. The predicted molar refractivity (Wildman–Crippen MR) is 115 cm³/mol. The maximum Gasteiger partial charge on any atom is 0.340 e. The molecule has 0 amide bonds. The van der Waals surface area contributed by atoms with E-state index in [1.165, 1.54) is 7.11 Å². The van der Waals surface area contributed by atoms with Crippen molar-refractivity contribution >= 4 is 34.2 Å². The number of alkyl halides is 1. The molecule has 1 aromatic carbocycles. The fourth-order valence-electron chi connectivity index (χ4n) is 3.40. The van der Waals surface area contributed by atoms with E-state index in [2.05, 4.69) is 4.98 Å². The summed E-state index contributed by atoms with van der Waals surface area (Å²) in [6, 6.07) is 7.09. The lowest BCUT2D eigenvalue weighted by Gasteiger charge is -2.15. The first kappa shape index (κ1) is 20.0. The topological polar surface area (TPSA) is 75.5 Å². The van der Waals surface area contributed by atoms with Gasteiger partial charge in [0, 0.05) is 12.1 Å². The van der Waals surface area contributed by atoms with E-state index in [1.807, 2.05) is 28.9 Å². The number of methoxy groups -OCH3 is 3. The number of rotatable bonds is 5. The lowest BCUT2D eigenvalue weighted by atomic mass is 10.00. The van der Waals surface area contributed by atoms with E-state index in [1.54, 1.807) is 38.7 Å². The Morgan fingerprint density at radius 2 is 1.93 bits per heavy atom. The van der Waals surface area contributed by atoms with Gasteiger partial charge in [-0.05, 0) is 24.1 Å². The molecule has 30 heavy (non-hydrogen) atoms. The van der Waals surface area contributed by atoms with Crippen LogP contribution in [-0.4, -0.2) is 47.2 Å². The molecular formula is C22H20ClN3O4. The second-order valence-electron chi connectivity index (χ2n) is 6.64. The third kappa shape index (κ3) is 3.52. The van der Waals surface area contributed by atoms with Gasteiger partial charge < -0.3 is 14.2 Å². The van der Waals surface area contributed by atoms with Crippen LogP contribution in [0.3, 0.4) is 0 Å². The molecule has 0 fully saturated rings. The average Bonchev–Trinajstić information content (AvgIpc) is 3.19. The Morgan fingerprint density at radius 3 is 2.63 bits per heavy atom. The van der Waals surface area contributed by atoms with Gasteiger partial charge in [-0.3, -0.25) is 4.57 Å². The van der Waals surface area contributed by atoms with Crippen LogP contribution < -0.4 is 9.47 Å². The third-order valence-corrected chi connectivity index (χ3v) is 5.18. The van der Waals surface area contributed by atoms with E-state index in [0.29, 0.717) is 28.6 Å². The minimum absolute atomic E-state index is 0.160.